The number of rotatable bonds is 6. The highest BCUT2D eigenvalue weighted by Crippen LogP contribution is 2.32. The lowest BCUT2D eigenvalue weighted by Gasteiger charge is -2.26. The number of benzene rings is 1. The van der Waals surface area contributed by atoms with Gasteiger partial charge in [0, 0.05) is 13.0 Å². The molecule has 1 unspecified atom stereocenters. The van der Waals surface area contributed by atoms with Gasteiger partial charge in [0.2, 0.25) is 11.8 Å². The molecule has 4 heteroatoms. The van der Waals surface area contributed by atoms with E-state index in [4.69, 9.17) is 0 Å². The highest BCUT2D eigenvalue weighted by Gasteiger charge is 2.29. The van der Waals surface area contributed by atoms with E-state index in [-0.39, 0.29) is 24.4 Å². The molecule has 0 aliphatic carbocycles. The van der Waals surface area contributed by atoms with Gasteiger partial charge in [0.25, 0.3) is 0 Å². The second-order valence-electron chi connectivity index (χ2n) is 7.30. The fraction of sp³-hybridized carbons (Fsp3) is 0.600. The Kier molecular flexibility index (Phi) is 6.41. The SMILES string of the molecule is Cc1ccc(C2CCCN2C(=O)CNC(=O)CCC(C)C)cc1C. The Labute approximate surface area is 145 Å². The van der Waals surface area contributed by atoms with Crippen LogP contribution in [0.1, 0.15) is 62.3 Å². The molecule has 0 spiro atoms. The van der Waals surface area contributed by atoms with Crippen molar-refractivity contribution in [1.82, 2.24) is 10.2 Å². The Balaban J connectivity index is 1.93. The van der Waals surface area contributed by atoms with Crippen molar-refractivity contribution in [2.45, 2.75) is 59.4 Å². The summed E-state index contributed by atoms with van der Waals surface area (Å²) in [6, 6.07) is 6.58. The monoisotopic (exact) mass is 330 g/mol. The van der Waals surface area contributed by atoms with Gasteiger partial charge < -0.3 is 10.2 Å². The highest BCUT2D eigenvalue weighted by molar-refractivity contribution is 5.85. The zero-order valence-electron chi connectivity index (χ0n) is 15.4. The van der Waals surface area contributed by atoms with E-state index in [1.54, 1.807) is 0 Å². The Morgan fingerprint density at radius 3 is 2.67 bits per heavy atom. The van der Waals surface area contributed by atoms with Crippen LogP contribution in [-0.2, 0) is 9.59 Å². The van der Waals surface area contributed by atoms with E-state index < -0.39 is 0 Å². The molecular weight excluding hydrogens is 300 g/mol. The maximum Gasteiger partial charge on any atom is 0.242 e. The van der Waals surface area contributed by atoms with Crippen molar-refractivity contribution in [1.29, 1.82) is 0 Å². The number of nitrogens with one attached hydrogen (secondary N) is 1. The number of carbonyl (C=O) groups excluding carboxylic acids is 2. The number of hydrogen-bond acceptors (Lipinski definition) is 2. The lowest BCUT2D eigenvalue weighted by Crippen LogP contribution is -2.39. The van der Waals surface area contributed by atoms with E-state index >= 15 is 0 Å². The largest absolute Gasteiger partial charge is 0.347 e. The van der Waals surface area contributed by atoms with Gasteiger partial charge in [-0.2, -0.15) is 0 Å². The lowest BCUT2D eigenvalue weighted by molar-refractivity contribution is -0.133. The zero-order valence-corrected chi connectivity index (χ0v) is 15.4. The van der Waals surface area contributed by atoms with Gasteiger partial charge in [-0.3, -0.25) is 9.59 Å². The van der Waals surface area contributed by atoms with Crippen molar-refractivity contribution in [3.63, 3.8) is 0 Å². The summed E-state index contributed by atoms with van der Waals surface area (Å²) in [4.78, 5) is 26.3. The van der Waals surface area contributed by atoms with Gasteiger partial charge in [0.15, 0.2) is 0 Å². The fourth-order valence-electron chi connectivity index (χ4n) is 3.17. The molecule has 4 nitrogen and oxygen atoms in total. The van der Waals surface area contributed by atoms with Gasteiger partial charge in [-0.25, -0.2) is 0 Å². The van der Waals surface area contributed by atoms with Gasteiger partial charge in [-0.15, -0.1) is 0 Å². The van der Waals surface area contributed by atoms with E-state index in [0.29, 0.717) is 12.3 Å². The van der Waals surface area contributed by atoms with Crippen molar-refractivity contribution in [3.05, 3.63) is 34.9 Å². The van der Waals surface area contributed by atoms with E-state index in [9.17, 15) is 9.59 Å². The van der Waals surface area contributed by atoms with Crippen LogP contribution in [-0.4, -0.2) is 29.8 Å². The van der Waals surface area contributed by atoms with Crippen LogP contribution in [0.15, 0.2) is 18.2 Å². The average Bonchev–Trinajstić information content (AvgIpc) is 3.02. The highest BCUT2D eigenvalue weighted by atomic mass is 16.2. The van der Waals surface area contributed by atoms with Crippen molar-refractivity contribution < 1.29 is 9.59 Å². The minimum Gasteiger partial charge on any atom is -0.347 e. The van der Waals surface area contributed by atoms with E-state index in [2.05, 4.69) is 51.2 Å². The van der Waals surface area contributed by atoms with Crippen LogP contribution < -0.4 is 5.32 Å². The number of nitrogens with zero attached hydrogens (tertiary/aromatic N) is 1. The molecule has 1 aromatic carbocycles. The van der Waals surface area contributed by atoms with E-state index in [0.717, 1.165) is 25.8 Å². The van der Waals surface area contributed by atoms with Crippen LogP contribution in [0.2, 0.25) is 0 Å². The normalized spacial score (nSPS) is 17.4. The number of likely N-dealkylation sites (tertiary alicyclic amines) is 1. The number of amides is 2. The topological polar surface area (TPSA) is 49.4 Å². The maximum atomic E-state index is 12.5. The zero-order chi connectivity index (χ0) is 17.7. The molecule has 1 aliphatic heterocycles. The smallest absolute Gasteiger partial charge is 0.242 e. The second-order valence-corrected chi connectivity index (χ2v) is 7.30. The molecule has 0 saturated carbocycles. The molecule has 1 fully saturated rings. The van der Waals surface area contributed by atoms with Gasteiger partial charge in [-0.05, 0) is 55.7 Å². The molecule has 0 bridgehead atoms. The predicted octanol–water partition coefficient (Wildman–Crippen LogP) is 3.52. The van der Waals surface area contributed by atoms with Crippen LogP contribution in [0.3, 0.4) is 0 Å². The van der Waals surface area contributed by atoms with Gasteiger partial charge in [-0.1, -0.05) is 32.0 Å². The predicted molar refractivity (Wildman–Crippen MR) is 96.7 cm³/mol. The van der Waals surface area contributed by atoms with E-state index in [1.807, 2.05) is 4.90 Å². The second kappa shape index (κ2) is 8.32. The first kappa shape index (κ1) is 18.5. The summed E-state index contributed by atoms with van der Waals surface area (Å²) in [6.45, 7) is 9.28. The Bertz CT molecular complexity index is 595. The van der Waals surface area contributed by atoms with E-state index in [1.165, 1.54) is 16.7 Å². The van der Waals surface area contributed by atoms with Gasteiger partial charge >= 0.3 is 0 Å². The minimum absolute atomic E-state index is 0.0219. The minimum atomic E-state index is -0.0287. The molecule has 1 saturated heterocycles. The summed E-state index contributed by atoms with van der Waals surface area (Å²) in [5, 5.41) is 2.78. The first-order chi connectivity index (χ1) is 11.4. The molecule has 1 aromatic rings. The van der Waals surface area contributed by atoms with Crippen LogP contribution in [0.5, 0.6) is 0 Å². The van der Waals surface area contributed by atoms with Crippen molar-refractivity contribution in [3.8, 4) is 0 Å². The molecule has 1 aliphatic rings. The summed E-state index contributed by atoms with van der Waals surface area (Å²) in [6.07, 6.45) is 3.36. The molecule has 2 rings (SSSR count). The quantitative estimate of drug-likeness (QED) is 0.867. The summed E-state index contributed by atoms with van der Waals surface area (Å²) in [5.41, 5.74) is 3.73. The van der Waals surface area contributed by atoms with Gasteiger partial charge in [0.05, 0.1) is 12.6 Å². The molecular formula is C20H30N2O2. The summed E-state index contributed by atoms with van der Waals surface area (Å²) in [7, 11) is 0. The Morgan fingerprint density at radius 1 is 1.25 bits per heavy atom. The molecule has 1 N–H and O–H groups in total. The van der Waals surface area contributed by atoms with Crippen molar-refractivity contribution >= 4 is 11.8 Å². The molecule has 0 aromatic heterocycles. The third-order valence-electron chi connectivity index (χ3n) is 4.87. The number of carbonyl (C=O) groups is 2. The van der Waals surface area contributed by atoms with Crippen molar-refractivity contribution in [2.75, 3.05) is 13.1 Å². The third kappa shape index (κ3) is 4.83. The summed E-state index contributed by atoms with van der Waals surface area (Å²) >= 11 is 0. The first-order valence-electron chi connectivity index (χ1n) is 9.01. The third-order valence-corrected chi connectivity index (χ3v) is 4.87. The van der Waals surface area contributed by atoms with Crippen LogP contribution in [0.25, 0.3) is 0 Å². The standard InChI is InChI=1S/C20H30N2O2/c1-14(2)7-10-19(23)21-13-20(24)22-11-5-6-18(22)17-9-8-15(3)16(4)12-17/h8-9,12,14,18H,5-7,10-11,13H2,1-4H3,(H,21,23). The molecule has 0 radical (unpaired) electrons. The lowest BCUT2D eigenvalue weighted by atomic mass is 9.99. The average molecular weight is 330 g/mol. The van der Waals surface area contributed by atoms with Crippen molar-refractivity contribution in [2.24, 2.45) is 5.92 Å². The Morgan fingerprint density at radius 2 is 2.00 bits per heavy atom. The molecule has 1 atom stereocenters. The summed E-state index contributed by atoms with van der Waals surface area (Å²) in [5.74, 6) is 0.492. The van der Waals surface area contributed by atoms with Crippen LogP contribution in [0.4, 0.5) is 0 Å². The molecule has 1 heterocycles. The molecule has 132 valence electrons. The fourth-order valence-corrected chi connectivity index (χ4v) is 3.17. The number of hydrogen-bond donors (Lipinski definition) is 1. The van der Waals surface area contributed by atoms with Crippen LogP contribution in [0, 0.1) is 19.8 Å². The number of aryl methyl sites for hydroxylation is 2. The Hall–Kier alpha value is -1.84. The first-order valence-corrected chi connectivity index (χ1v) is 9.01. The van der Waals surface area contributed by atoms with Gasteiger partial charge in [0.1, 0.15) is 0 Å². The maximum absolute atomic E-state index is 12.5. The molecule has 2 amide bonds. The molecule has 24 heavy (non-hydrogen) atoms. The van der Waals surface area contributed by atoms with Crippen LogP contribution >= 0.6 is 0 Å². The summed E-state index contributed by atoms with van der Waals surface area (Å²) < 4.78 is 0.